The Kier molecular flexibility index (Phi) is 2.82. The molecule has 6 heteroatoms. The second-order valence-corrected chi connectivity index (χ2v) is 3.97. The van der Waals surface area contributed by atoms with Gasteiger partial charge in [-0.1, -0.05) is 0 Å². The third-order valence-corrected chi connectivity index (χ3v) is 2.63. The molecular formula is C13H12N6. The number of anilines is 3. The summed E-state index contributed by atoms with van der Waals surface area (Å²) in [6.07, 6.45) is 6.83. The van der Waals surface area contributed by atoms with E-state index in [1.54, 1.807) is 18.6 Å². The maximum Gasteiger partial charge on any atom is 0.135 e. The maximum atomic E-state index is 5.60. The van der Waals surface area contributed by atoms with Gasteiger partial charge in [-0.2, -0.15) is 0 Å². The van der Waals surface area contributed by atoms with Crippen molar-refractivity contribution in [2.45, 2.75) is 0 Å². The van der Waals surface area contributed by atoms with E-state index in [1.165, 1.54) is 6.33 Å². The Hall–Kier alpha value is -2.89. The van der Waals surface area contributed by atoms with Crippen LogP contribution >= 0.6 is 0 Å². The number of rotatable bonds is 3. The minimum absolute atomic E-state index is 0.438. The average molecular weight is 252 g/mol. The average Bonchev–Trinajstić information content (AvgIpc) is 2.94. The number of nitrogen functional groups attached to an aromatic ring is 1. The molecular weight excluding hydrogens is 240 g/mol. The highest BCUT2D eigenvalue weighted by Gasteiger charge is 1.99. The number of nitrogens with one attached hydrogen (secondary N) is 1. The minimum Gasteiger partial charge on any atom is -0.384 e. The molecule has 0 saturated heterocycles. The summed E-state index contributed by atoms with van der Waals surface area (Å²) in [6, 6.07) is 9.61. The molecule has 3 aromatic rings. The fourth-order valence-electron chi connectivity index (χ4n) is 1.72. The van der Waals surface area contributed by atoms with E-state index in [0.717, 1.165) is 11.4 Å². The van der Waals surface area contributed by atoms with E-state index in [9.17, 15) is 0 Å². The largest absolute Gasteiger partial charge is 0.384 e. The SMILES string of the molecule is Nc1cc(Nc2ccc(-n3ccnc3)cc2)ncn1. The van der Waals surface area contributed by atoms with Crippen LogP contribution in [0.25, 0.3) is 5.69 Å². The Morgan fingerprint density at radius 2 is 1.95 bits per heavy atom. The molecule has 0 spiro atoms. The van der Waals surface area contributed by atoms with Gasteiger partial charge in [0.05, 0.1) is 6.33 Å². The molecule has 0 amide bonds. The number of hydrogen-bond donors (Lipinski definition) is 2. The van der Waals surface area contributed by atoms with Crippen molar-refractivity contribution in [1.29, 1.82) is 0 Å². The lowest BCUT2D eigenvalue weighted by Crippen LogP contribution is -1.97. The van der Waals surface area contributed by atoms with Crippen LogP contribution in [-0.4, -0.2) is 19.5 Å². The Morgan fingerprint density at radius 1 is 1.11 bits per heavy atom. The highest BCUT2D eigenvalue weighted by atomic mass is 15.0. The Labute approximate surface area is 110 Å². The lowest BCUT2D eigenvalue weighted by Gasteiger charge is -2.07. The van der Waals surface area contributed by atoms with Crippen molar-refractivity contribution in [1.82, 2.24) is 19.5 Å². The number of nitrogens with zero attached hydrogens (tertiary/aromatic N) is 4. The fraction of sp³-hybridized carbons (Fsp3) is 0. The summed E-state index contributed by atoms with van der Waals surface area (Å²) in [7, 11) is 0. The lowest BCUT2D eigenvalue weighted by atomic mass is 10.2. The highest BCUT2D eigenvalue weighted by Crippen LogP contribution is 2.17. The third kappa shape index (κ3) is 2.52. The summed E-state index contributed by atoms with van der Waals surface area (Å²) in [4.78, 5) is 12.0. The van der Waals surface area contributed by atoms with Crippen LogP contribution in [0.4, 0.5) is 17.3 Å². The van der Waals surface area contributed by atoms with Gasteiger partial charge in [-0.25, -0.2) is 15.0 Å². The Morgan fingerprint density at radius 3 is 2.63 bits per heavy atom. The van der Waals surface area contributed by atoms with Crippen LogP contribution in [0.3, 0.4) is 0 Å². The summed E-state index contributed by atoms with van der Waals surface area (Å²) in [6.45, 7) is 0. The van der Waals surface area contributed by atoms with Gasteiger partial charge in [-0.15, -0.1) is 0 Å². The third-order valence-electron chi connectivity index (χ3n) is 2.63. The van der Waals surface area contributed by atoms with E-state index >= 15 is 0 Å². The van der Waals surface area contributed by atoms with Gasteiger partial charge >= 0.3 is 0 Å². The monoisotopic (exact) mass is 252 g/mol. The van der Waals surface area contributed by atoms with Crippen molar-refractivity contribution < 1.29 is 0 Å². The van der Waals surface area contributed by atoms with Crippen LogP contribution in [0.1, 0.15) is 0 Å². The number of nitrogens with two attached hydrogens (primary N) is 1. The second kappa shape index (κ2) is 4.77. The molecule has 3 N–H and O–H groups in total. The van der Waals surface area contributed by atoms with E-state index in [1.807, 2.05) is 35.0 Å². The van der Waals surface area contributed by atoms with Crippen LogP contribution in [0.5, 0.6) is 0 Å². The Balaban J connectivity index is 1.80. The first-order valence-corrected chi connectivity index (χ1v) is 5.74. The van der Waals surface area contributed by atoms with E-state index in [2.05, 4.69) is 20.3 Å². The molecule has 0 aliphatic heterocycles. The zero-order valence-corrected chi connectivity index (χ0v) is 10.1. The zero-order chi connectivity index (χ0) is 13.1. The normalized spacial score (nSPS) is 10.3. The molecule has 0 aliphatic carbocycles. The van der Waals surface area contributed by atoms with E-state index < -0.39 is 0 Å². The van der Waals surface area contributed by atoms with Crippen molar-refractivity contribution in [2.24, 2.45) is 0 Å². The van der Waals surface area contributed by atoms with Gasteiger partial charge in [-0.05, 0) is 24.3 Å². The van der Waals surface area contributed by atoms with Gasteiger partial charge in [0.2, 0.25) is 0 Å². The minimum atomic E-state index is 0.438. The van der Waals surface area contributed by atoms with Crippen molar-refractivity contribution in [3.8, 4) is 5.69 Å². The smallest absolute Gasteiger partial charge is 0.135 e. The predicted molar refractivity (Wildman–Crippen MR) is 73.3 cm³/mol. The Bertz CT molecular complexity index is 660. The molecule has 0 fully saturated rings. The molecule has 0 saturated carbocycles. The molecule has 2 aromatic heterocycles. The summed E-state index contributed by atoms with van der Waals surface area (Å²) < 4.78 is 1.94. The molecule has 2 heterocycles. The van der Waals surface area contributed by atoms with Crippen LogP contribution in [0.15, 0.2) is 55.4 Å². The summed E-state index contributed by atoms with van der Waals surface area (Å²) in [5, 5.41) is 3.16. The number of benzene rings is 1. The second-order valence-electron chi connectivity index (χ2n) is 3.97. The van der Waals surface area contributed by atoms with Crippen molar-refractivity contribution in [3.63, 3.8) is 0 Å². The summed E-state index contributed by atoms with van der Waals surface area (Å²) >= 11 is 0. The first kappa shape index (κ1) is 11.2. The quantitative estimate of drug-likeness (QED) is 0.745. The van der Waals surface area contributed by atoms with Gasteiger partial charge in [-0.3, -0.25) is 0 Å². The van der Waals surface area contributed by atoms with Crippen molar-refractivity contribution in [2.75, 3.05) is 11.1 Å². The fourth-order valence-corrected chi connectivity index (χ4v) is 1.72. The summed E-state index contributed by atoms with van der Waals surface area (Å²) in [5.74, 6) is 1.11. The molecule has 0 aliphatic rings. The molecule has 19 heavy (non-hydrogen) atoms. The number of aromatic nitrogens is 4. The summed E-state index contributed by atoms with van der Waals surface area (Å²) in [5.41, 5.74) is 7.58. The zero-order valence-electron chi connectivity index (χ0n) is 10.1. The highest BCUT2D eigenvalue weighted by molar-refractivity contribution is 5.59. The van der Waals surface area contributed by atoms with Gasteiger partial charge in [0.25, 0.3) is 0 Å². The van der Waals surface area contributed by atoms with Crippen LogP contribution in [0, 0.1) is 0 Å². The van der Waals surface area contributed by atoms with Gasteiger partial charge < -0.3 is 15.6 Å². The first-order chi connectivity index (χ1) is 9.31. The van der Waals surface area contributed by atoms with E-state index in [0.29, 0.717) is 11.6 Å². The topological polar surface area (TPSA) is 81.6 Å². The lowest BCUT2D eigenvalue weighted by molar-refractivity contribution is 1.06. The molecule has 94 valence electrons. The van der Waals surface area contributed by atoms with Gasteiger partial charge in [0.15, 0.2) is 0 Å². The van der Waals surface area contributed by atoms with Crippen molar-refractivity contribution >= 4 is 17.3 Å². The number of hydrogen-bond acceptors (Lipinski definition) is 5. The van der Waals surface area contributed by atoms with Gasteiger partial charge in [0, 0.05) is 29.8 Å². The van der Waals surface area contributed by atoms with Gasteiger partial charge in [0.1, 0.15) is 18.0 Å². The molecule has 0 atom stereocenters. The van der Waals surface area contributed by atoms with E-state index in [4.69, 9.17) is 5.73 Å². The first-order valence-electron chi connectivity index (χ1n) is 5.74. The van der Waals surface area contributed by atoms with Crippen molar-refractivity contribution in [3.05, 3.63) is 55.4 Å². The predicted octanol–water partition coefficient (Wildman–Crippen LogP) is 1.99. The van der Waals surface area contributed by atoms with Crippen LogP contribution in [-0.2, 0) is 0 Å². The standard InChI is InChI=1S/C13H12N6/c14-12-7-13(17-8-16-12)18-10-1-3-11(4-2-10)19-6-5-15-9-19/h1-9H,(H3,14,16,17,18). The molecule has 0 bridgehead atoms. The molecule has 0 unspecified atom stereocenters. The molecule has 1 aromatic carbocycles. The van der Waals surface area contributed by atoms with Crippen LogP contribution < -0.4 is 11.1 Å². The molecule has 6 nitrogen and oxygen atoms in total. The maximum absolute atomic E-state index is 5.60. The molecule has 0 radical (unpaired) electrons. The van der Waals surface area contributed by atoms with Crippen LogP contribution in [0.2, 0.25) is 0 Å². The van der Waals surface area contributed by atoms with E-state index in [-0.39, 0.29) is 0 Å². The number of imidazole rings is 1. The molecule has 3 rings (SSSR count).